The number of aliphatic hydroxyl groups excluding tert-OH is 1. The van der Waals surface area contributed by atoms with Crippen LogP contribution in [0.15, 0.2) is 18.6 Å². The summed E-state index contributed by atoms with van der Waals surface area (Å²) in [6.45, 7) is 2.51. The quantitative estimate of drug-likeness (QED) is 0.884. The highest BCUT2D eigenvalue weighted by Gasteiger charge is 2.35. The molecule has 23 heavy (non-hydrogen) atoms. The predicted octanol–water partition coefficient (Wildman–Crippen LogP) is 1.36. The van der Waals surface area contributed by atoms with Crippen molar-refractivity contribution in [3.63, 3.8) is 0 Å². The zero-order valence-corrected chi connectivity index (χ0v) is 13.3. The summed E-state index contributed by atoms with van der Waals surface area (Å²) in [6, 6.07) is 4.00. The number of nitriles is 1. The molecule has 120 valence electrons. The zero-order chi connectivity index (χ0) is 16.4. The van der Waals surface area contributed by atoms with Gasteiger partial charge in [0.05, 0.1) is 17.4 Å². The summed E-state index contributed by atoms with van der Waals surface area (Å²) in [5, 5.41) is 30.8. The van der Waals surface area contributed by atoms with Gasteiger partial charge >= 0.3 is 0 Å². The van der Waals surface area contributed by atoms with Gasteiger partial charge in [0.2, 0.25) is 0 Å². The molecule has 7 nitrogen and oxygen atoms in total. The molecule has 3 atom stereocenters. The van der Waals surface area contributed by atoms with Gasteiger partial charge in [-0.1, -0.05) is 0 Å². The lowest BCUT2D eigenvalue weighted by Gasteiger charge is -2.16. The first-order chi connectivity index (χ1) is 11.1. The molecule has 3 rings (SSSR count). The fraction of sp³-hybridized carbons (Fsp3) is 0.500. The molecule has 0 aliphatic heterocycles. The van der Waals surface area contributed by atoms with E-state index in [2.05, 4.69) is 26.6 Å². The largest absolute Gasteiger partial charge is 0.393 e. The summed E-state index contributed by atoms with van der Waals surface area (Å²) >= 11 is 0. The minimum absolute atomic E-state index is 0.122. The summed E-state index contributed by atoms with van der Waals surface area (Å²) in [7, 11) is 1.92. The summed E-state index contributed by atoms with van der Waals surface area (Å²) in [6.07, 6.45) is 4.43. The Kier molecular flexibility index (Phi) is 4.26. The van der Waals surface area contributed by atoms with Gasteiger partial charge in [-0.15, -0.1) is 10.2 Å². The lowest BCUT2D eigenvalue weighted by Crippen LogP contribution is -2.22. The van der Waals surface area contributed by atoms with E-state index in [9.17, 15) is 5.11 Å². The minimum Gasteiger partial charge on any atom is -0.393 e. The molecule has 0 bridgehead atoms. The lowest BCUT2D eigenvalue weighted by molar-refractivity contribution is 0.137. The number of hydrogen-bond acceptors (Lipinski definition) is 6. The molecule has 2 aromatic heterocycles. The number of nitrogens with zero attached hydrogens (tertiary/aromatic N) is 5. The van der Waals surface area contributed by atoms with Crippen LogP contribution in [-0.4, -0.2) is 37.5 Å². The summed E-state index contributed by atoms with van der Waals surface area (Å²) in [5.74, 6) is 1.26. The van der Waals surface area contributed by atoms with E-state index in [0.717, 1.165) is 23.6 Å². The van der Waals surface area contributed by atoms with Crippen molar-refractivity contribution >= 4 is 5.69 Å². The van der Waals surface area contributed by atoms with Crippen LogP contribution in [0.1, 0.15) is 35.8 Å². The molecule has 0 unspecified atom stereocenters. The van der Waals surface area contributed by atoms with Crippen molar-refractivity contribution in [2.75, 3.05) is 11.9 Å². The lowest BCUT2D eigenvalue weighted by atomic mass is 10.0. The van der Waals surface area contributed by atoms with Crippen LogP contribution in [0.2, 0.25) is 0 Å². The van der Waals surface area contributed by atoms with E-state index in [-0.39, 0.29) is 17.9 Å². The molecule has 0 aromatic carbocycles. The van der Waals surface area contributed by atoms with Gasteiger partial charge in [0, 0.05) is 37.3 Å². The molecule has 1 aliphatic rings. The van der Waals surface area contributed by atoms with Gasteiger partial charge in [0.1, 0.15) is 18.2 Å². The van der Waals surface area contributed by atoms with Crippen molar-refractivity contribution in [1.29, 1.82) is 5.26 Å². The Morgan fingerprint density at radius 3 is 3.00 bits per heavy atom. The molecule has 7 heteroatoms. The first kappa shape index (κ1) is 15.4. The van der Waals surface area contributed by atoms with Crippen molar-refractivity contribution in [2.24, 2.45) is 13.0 Å². The Labute approximate surface area is 135 Å². The molecule has 2 heterocycles. The predicted molar refractivity (Wildman–Crippen MR) is 84.7 cm³/mol. The molecule has 0 amide bonds. The Morgan fingerprint density at radius 1 is 1.48 bits per heavy atom. The van der Waals surface area contributed by atoms with E-state index in [1.807, 2.05) is 24.6 Å². The molecule has 0 saturated heterocycles. The standard InChI is InChI=1S/C16H20N6O/c1-10-3-14(13(6-17)8-18-10)19-7-12-4-11(5-15(12)23)16-21-20-9-22(16)2/h3,8-9,11-12,15,23H,4-5,7H2,1-2H3,(H,18,19)/t11-,12+,15+/m0/s1. The van der Waals surface area contributed by atoms with Crippen LogP contribution in [0.4, 0.5) is 5.69 Å². The number of aliphatic hydroxyl groups is 1. The fourth-order valence-corrected chi connectivity index (χ4v) is 3.23. The maximum absolute atomic E-state index is 10.3. The van der Waals surface area contributed by atoms with Crippen molar-refractivity contribution in [3.05, 3.63) is 35.7 Å². The van der Waals surface area contributed by atoms with Crippen molar-refractivity contribution in [1.82, 2.24) is 19.7 Å². The summed E-state index contributed by atoms with van der Waals surface area (Å²) < 4.78 is 1.91. The van der Waals surface area contributed by atoms with E-state index < -0.39 is 0 Å². The molecule has 1 saturated carbocycles. The second kappa shape index (κ2) is 6.34. The molecule has 0 spiro atoms. The first-order valence-electron chi connectivity index (χ1n) is 7.71. The van der Waals surface area contributed by atoms with Crippen LogP contribution >= 0.6 is 0 Å². The van der Waals surface area contributed by atoms with Crippen LogP contribution in [0.25, 0.3) is 0 Å². The highest BCUT2D eigenvalue weighted by atomic mass is 16.3. The third-order valence-electron chi connectivity index (χ3n) is 4.48. The second-order valence-electron chi connectivity index (χ2n) is 6.16. The number of anilines is 1. The number of hydrogen-bond donors (Lipinski definition) is 2. The monoisotopic (exact) mass is 312 g/mol. The Bertz CT molecular complexity index is 734. The highest BCUT2D eigenvalue weighted by Crippen LogP contribution is 2.37. The van der Waals surface area contributed by atoms with Gasteiger partial charge in [-0.25, -0.2) is 0 Å². The maximum atomic E-state index is 10.3. The number of aromatic nitrogens is 4. The van der Waals surface area contributed by atoms with Gasteiger partial charge in [-0.05, 0) is 25.8 Å². The Balaban J connectivity index is 1.66. The first-order valence-corrected chi connectivity index (χ1v) is 7.71. The van der Waals surface area contributed by atoms with Crippen molar-refractivity contribution in [3.8, 4) is 6.07 Å². The average Bonchev–Trinajstić information content (AvgIpc) is 3.11. The highest BCUT2D eigenvalue weighted by molar-refractivity contribution is 5.56. The zero-order valence-electron chi connectivity index (χ0n) is 13.3. The van der Waals surface area contributed by atoms with E-state index in [0.29, 0.717) is 18.5 Å². The van der Waals surface area contributed by atoms with E-state index in [4.69, 9.17) is 5.26 Å². The van der Waals surface area contributed by atoms with Crippen molar-refractivity contribution in [2.45, 2.75) is 31.8 Å². The van der Waals surface area contributed by atoms with Crippen molar-refractivity contribution < 1.29 is 5.11 Å². The summed E-state index contributed by atoms with van der Waals surface area (Å²) in [5.41, 5.74) is 2.15. The van der Waals surface area contributed by atoms with Crippen LogP contribution in [-0.2, 0) is 7.05 Å². The second-order valence-corrected chi connectivity index (χ2v) is 6.16. The van der Waals surface area contributed by atoms with Crippen LogP contribution in [0.3, 0.4) is 0 Å². The molecular formula is C16H20N6O. The van der Waals surface area contributed by atoms with E-state index in [1.165, 1.54) is 0 Å². The number of pyridine rings is 1. The molecule has 1 fully saturated rings. The third-order valence-corrected chi connectivity index (χ3v) is 4.48. The topological polar surface area (TPSA) is 99.6 Å². The normalized spacial score (nSPS) is 23.7. The van der Waals surface area contributed by atoms with E-state index in [1.54, 1.807) is 12.5 Å². The van der Waals surface area contributed by atoms with Gasteiger partial charge in [0.25, 0.3) is 0 Å². The molecule has 0 radical (unpaired) electrons. The molecule has 2 N–H and O–H groups in total. The van der Waals surface area contributed by atoms with Gasteiger partial charge in [0.15, 0.2) is 0 Å². The van der Waals surface area contributed by atoms with E-state index >= 15 is 0 Å². The van der Waals surface area contributed by atoms with Crippen LogP contribution in [0, 0.1) is 24.2 Å². The van der Waals surface area contributed by atoms with Gasteiger partial charge < -0.3 is 15.0 Å². The Morgan fingerprint density at radius 2 is 2.30 bits per heavy atom. The number of nitrogens with one attached hydrogen (secondary N) is 1. The number of aryl methyl sites for hydroxylation is 2. The smallest absolute Gasteiger partial charge is 0.135 e. The Hall–Kier alpha value is -2.46. The van der Waals surface area contributed by atoms with Gasteiger partial charge in [-0.2, -0.15) is 5.26 Å². The SMILES string of the molecule is Cc1cc(NC[C@H]2C[C@H](c3nncn3C)C[C@H]2O)c(C#N)cn1. The van der Waals surface area contributed by atoms with Crippen LogP contribution in [0.5, 0.6) is 0 Å². The summed E-state index contributed by atoms with van der Waals surface area (Å²) in [4.78, 5) is 4.13. The minimum atomic E-state index is -0.377. The van der Waals surface area contributed by atoms with Gasteiger partial charge in [-0.3, -0.25) is 4.98 Å². The molecule has 2 aromatic rings. The maximum Gasteiger partial charge on any atom is 0.135 e. The third kappa shape index (κ3) is 3.17. The fourth-order valence-electron chi connectivity index (χ4n) is 3.23. The molecular weight excluding hydrogens is 292 g/mol. The average molecular weight is 312 g/mol. The van der Waals surface area contributed by atoms with Crippen LogP contribution < -0.4 is 5.32 Å². The number of rotatable bonds is 4. The molecule has 1 aliphatic carbocycles.